The Morgan fingerprint density at radius 3 is 2.62 bits per heavy atom. The predicted molar refractivity (Wildman–Crippen MR) is 93.6 cm³/mol. The third-order valence-corrected chi connectivity index (χ3v) is 5.51. The van der Waals surface area contributed by atoms with Crippen LogP contribution < -0.4 is 4.72 Å². The van der Waals surface area contributed by atoms with Gasteiger partial charge in [0, 0.05) is 13.5 Å². The lowest BCUT2D eigenvalue weighted by Gasteiger charge is -2.10. The molecule has 126 valence electrons. The van der Waals surface area contributed by atoms with E-state index in [4.69, 9.17) is 4.42 Å². The lowest BCUT2D eigenvalue weighted by atomic mass is 10.1. The Hall–Kier alpha value is -2.18. The van der Waals surface area contributed by atoms with Gasteiger partial charge >= 0.3 is 0 Å². The van der Waals surface area contributed by atoms with E-state index in [2.05, 4.69) is 9.71 Å². The number of oxazole rings is 1. The fraction of sp³-hybridized carbons (Fsp3) is 0.278. The Bertz CT molecular complexity index is 991. The van der Waals surface area contributed by atoms with E-state index in [0.29, 0.717) is 23.8 Å². The number of fused-ring (bicyclic) bond motifs is 1. The highest BCUT2D eigenvalue weighted by Gasteiger charge is 2.16. The minimum atomic E-state index is -3.50. The summed E-state index contributed by atoms with van der Waals surface area (Å²) in [4.78, 5) is 4.58. The van der Waals surface area contributed by atoms with E-state index in [9.17, 15) is 8.42 Å². The monoisotopic (exact) mass is 344 g/mol. The predicted octanol–water partition coefficient (Wildman–Crippen LogP) is 3.27. The molecule has 3 aromatic rings. The minimum absolute atomic E-state index is 0.328. The maximum atomic E-state index is 12.4. The summed E-state index contributed by atoms with van der Waals surface area (Å²) in [6, 6.07) is 11.1. The quantitative estimate of drug-likeness (QED) is 0.771. The Kier molecular flexibility index (Phi) is 4.43. The Labute approximate surface area is 141 Å². The molecule has 0 atom stereocenters. The van der Waals surface area contributed by atoms with Gasteiger partial charge in [-0.3, -0.25) is 0 Å². The van der Waals surface area contributed by atoms with E-state index in [0.717, 1.165) is 27.8 Å². The molecule has 5 nitrogen and oxygen atoms in total. The molecular weight excluding hydrogens is 324 g/mol. The van der Waals surface area contributed by atoms with E-state index in [-0.39, 0.29) is 0 Å². The van der Waals surface area contributed by atoms with E-state index >= 15 is 0 Å². The topological polar surface area (TPSA) is 72.2 Å². The van der Waals surface area contributed by atoms with Crippen LogP contribution in [0.15, 0.2) is 45.7 Å². The van der Waals surface area contributed by atoms with Gasteiger partial charge in [-0.25, -0.2) is 18.1 Å². The van der Waals surface area contributed by atoms with Crippen molar-refractivity contribution < 1.29 is 12.8 Å². The molecule has 0 saturated carbocycles. The second-order valence-corrected chi connectivity index (χ2v) is 7.69. The highest BCUT2D eigenvalue weighted by molar-refractivity contribution is 7.89. The first-order valence-corrected chi connectivity index (χ1v) is 9.26. The lowest BCUT2D eigenvalue weighted by Crippen LogP contribution is -2.26. The molecule has 0 radical (unpaired) electrons. The summed E-state index contributed by atoms with van der Waals surface area (Å²) in [5.74, 6) is 0.623. The van der Waals surface area contributed by atoms with Crippen LogP contribution in [-0.2, 0) is 16.4 Å². The van der Waals surface area contributed by atoms with Crippen LogP contribution >= 0.6 is 0 Å². The SMILES string of the molecule is Cc1ccc(S(=O)(=O)NCCc2ccc3nc(C)oc3c2)c(C)c1. The summed E-state index contributed by atoms with van der Waals surface area (Å²) >= 11 is 0. The highest BCUT2D eigenvalue weighted by Crippen LogP contribution is 2.18. The van der Waals surface area contributed by atoms with Crippen LogP contribution in [0.1, 0.15) is 22.6 Å². The molecule has 3 rings (SSSR count). The van der Waals surface area contributed by atoms with Gasteiger partial charge in [0.2, 0.25) is 10.0 Å². The van der Waals surface area contributed by atoms with Crippen molar-refractivity contribution in [3.05, 3.63) is 59.0 Å². The number of aromatic nitrogens is 1. The van der Waals surface area contributed by atoms with E-state index in [1.54, 1.807) is 13.0 Å². The van der Waals surface area contributed by atoms with Crippen molar-refractivity contribution in [1.82, 2.24) is 9.71 Å². The van der Waals surface area contributed by atoms with Crippen LogP contribution in [0.3, 0.4) is 0 Å². The van der Waals surface area contributed by atoms with Gasteiger partial charge in [-0.15, -0.1) is 0 Å². The van der Waals surface area contributed by atoms with E-state index < -0.39 is 10.0 Å². The molecule has 1 N–H and O–H groups in total. The van der Waals surface area contributed by atoms with Gasteiger partial charge in [-0.1, -0.05) is 23.8 Å². The lowest BCUT2D eigenvalue weighted by molar-refractivity contribution is 0.560. The van der Waals surface area contributed by atoms with Crippen LogP contribution in [0.5, 0.6) is 0 Å². The first-order valence-electron chi connectivity index (χ1n) is 7.78. The normalized spacial score (nSPS) is 12.0. The molecule has 0 aliphatic carbocycles. The number of nitrogens with zero attached hydrogens (tertiary/aromatic N) is 1. The average molecular weight is 344 g/mol. The number of sulfonamides is 1. The van der Waals surface area contributed by atoms with E-state index in [1.807, 2.05) is 44.2 Å². The molecule has 6 heteroatoms. The van der Waals surface area contributed by atoms with Crippen molar-refractivity contribution in [3.8, 4) is 0 Å². The maximum absolute atomic E-state index is 12.4. The van der Waals surface area contributed by atoms with Gasteiger partial charge in [0.25, 0.3) is 0 Å². The molecule has 24 heavy (non-hydrogen) atoms. The van der Waals surface area contributed by atoms with Crippen molar-refractivity contribution in [1.29, 1.82) is 0 Å². The van der Waals surface area contributed by atoms with Crippen LogP contribution in [-0.4, -0.2) is 19.9 Å². The Morgan fingerprint density at radius 2 is 1.88 bits per heavy atom. The molecule has 1 heterocycles. The van der Waals surface area contributed by atoms with Crippen molar-refractivity contribution in [3.63, 3.8) is 0 Å². The van der Waals surface area contributed by atoms with Crippen LogP contribution in [0.2, 0.25) is 0 Å². The molecule has 2 aromatic carbocycles. The molecular formula is C18H20N2O3S. The largest absolute Gasteiger partial charge is 0.441 e. The number of benzene rings is 2. The number of hydrogen-bond acceptors (Lipinski definition) is 4. The summed E-state index contributed by atoms with van der Waals surface area (Å²) in [5.41, 5.74) is 4.33. The number of rotatable bonds is 5. The zero-order valence-electron chi connectivity index (χ0n) is 14.0. The van der Waals surface area contributed by atoms with Gasteiger partial charge in [-0.2, -0.15) is 0 Å². The van der Waals surface area contributed by atoms with Gasteiger partial charge in [0.05, 0.1) is 4.90 Å². The second-order valence-electron chi connectivity index (χ2n) is 5.95. The molecule has 0 saturated heterocycles. The molecule has 0 aliphatic rings. The Morgan fingerprint density at radius 1 is 1.08 bits per heavy atom. The minimum Gasteiger partial charge on any atom is -0.441 e. The first kappa shape index (κ1) is 16.7. The number of nitrogens with one attached hydrogen (secondary N) is 1. The van der Waals surface area contributed by atoms with Gasteiger partial charge in [0.15, 0.2) is 11.5 Å². The highest BCUT2D eigenvalue weighted by atomic mass is 32.2. The fourth-order valence-corrected chi connectivity index (χ4v) is 4.00. The third-order valence-electron chi connectivity index (χ3n) is 3.89. The summed E-state index contributed by atoms with van der Waals surface area (Å²) in [7, 11) is -3.50. The van der Waals surface area contributed by atoms with Crippen LogP contribution in [0.4, 0.5) is 0 Å². The molecule has 0 bridgehead atoms. The van der Waals surface area contributed by atoms with Gasteiger partial charge < -0.3 is 4.42 Å². The smallest absolute Gasteiger partial charge is 0.240 e. The Balaban J connectivity index is 1.70. The third kappa shape index (κ3) is 3.49. The van der Waals surface area contributed by atoms with Gasteiger partial charge in [0.1, 0.15) is 5.52 Å². The van der Waals surface area contributed by atoms with Crippen LogP contribution in [0, 0.1) is 20.8 Å². The molecule has 0 spiro atoms. The van der Waals surface area contributed by atoms with Crippen molar-refractivity contribution in [2.75, 3.05) is 6.54 Å². The second kappa shape index (κ2) is 6.37. The standard InChI is InChI=1S/C18H20N2O3S/c1-12-4-7-18(13(2)10-12)24(21,22)19-9-8-15-5-6-16-17(11-15)23-14(3)20-16/h4-7,10-11,19H,8-9H2,1-3H3. The molecule has 0 unspecified atom stereocenters. The number of hydrogen-bond donors (Lipinski definition) is 1. The van der Waals surface area contributed by atoms with Crippen molar-refractivity contribution in [2.24, 2.45) is 0 Å². The molecule has 0 aliphatic heterocycles. The van der Waals surface area contributed by atoms with Crippen molar-refractivity contribution in [2.45, 2.75) is 32.1 Å². The zero-order chi connectivity index (χ0) is 17.3. The average Bonchev–Trinajstić information content (AvgIpc) is 2.86. The fourth-order valence-electron chi connectivity index (χ4n) is 2.75. The van der Waals surface area contributed by atoms with Crippen LogP contribution in [0.25, 0.3) is 11.1 Å². The first-order chi connectivity index (χ1) is 11.3. The van der Waals surface area contributed by atoms with Crippen molar-refractivity contribution >= 4 is 21.1 Å². The summed E-state index contributed by atoms with van der Waals surface area (Å²) < 4.78 is 33.0. The van der Waals surface area contributed by atoms with Gasteiger partial charge in [-0.05, 0) is 49.6 Å². The number of aryl methyl sites for hydroxylation is 3. The molecule has 0 fully saturated rings. The summed E-state index contributed by atoms with van der Waals surface area (Å²) in [6.45, 7) is 5.88. The summed E-state index contributed by atoms with van der Waals surface area (Å²) in [5, 5.41) is 0. The summed E-state index contributed by atoms with van der Waals surface area (Å²) in [6.07, 6.45) is 0.583. The van der Waals surface area contributed by atoms with E-state index in [1.165, 1.54) is 0 Å². The molecule has 0 amide bonds. The maximum Gasteiger partial charge on any atom is 0.240 e. The molecule has 1 aromatic heterocycles. The zero-order valence-corrected chi connectivity index (χ0v) is 14.8.